The van der Waals surface area contributed by atoms with Crippen molar-refractivity contribution in [3.63, 3.8) is 0 Å². The number of rotatable bonds is 5. The van der Waals surface area contributed by atoms with E-state index < -0.39 is 23.1 Å². The number of hydrogen-bond acceptors (Lipinski definition) is 5. The number of hydrogen-bond donors (Lipinski definition) is 2. The molecule has 2 aromatic carbocycles. The number of ether oxygens (including phenoxy) is 1. The average Bonchev–Trinajstić information content (AvgIpc) is 2.91. The van der Waals surface area contributed by atoms with Crippen molar-refractivity contribution in [2.24, 2.45) is 0 Å². The van der Waals surface area contributed by atoms with Crippen molar-refractivity contribution in [3.8, 4) is 5.75 Å². The number of aliphatic hydroxyl groups excluding tert-OH is 1. The first-order chi connectivity index (χ1) is 12.0. The molecule has 0 saturated carbocycles. The number of benzene rings is 2. The largest absolute Gasteiger partial charge is 0.491 e. The molecular formula is C18H14FNO4S. The number of nitrogens with one attached hydrogen (secondary N) is 1. The van der Waals surface area contributed by atoms with E-state index in [1.54, 1.807) is 42.5 Å². The molecule has 0 bridgehead atoms. The third-order valence-corrected chi connectivity index (χ3v) is 4.30. The zero-order valence-electron chi connectivity index (χ0n) is 12.9. The normalized spacial score (nSPS) is 16.8. The molecule has 0 aromatic heterocycles. The number of carbonyl (C=O) groups is 2. The molecule has 1 heterocycles. The minimum absolute atomic E-state index is 0.0892. The predicted octanol–water partition coefficient (Wildman–Crippen LogP) is 3.26. The maximum Gasteiger partial charge on any atom is 0.290 e. The second kappa shape index (κ2) is 7.50. The Kier molecular flexibility index (Phi) is 5.16. The van der Waals surface area contributed by atoms with Gasteiger partial charge >= 0.3 is 0 Å². The van der Waals surface area contributed by atoms with E-state index in [1.165, 1.54) is 12.1 Å². The molecule has 2 N–H and O–H groups in total. The van der Waals surface area contributed by atoms with Crippen molar-refractivity contribution in [1.29, 1.82) is 0 Å². The van der Waals surface area contributed by atoms with Crippen molar-refractivity contribution in [1.82, 2.24) is 5.32 Å². The van der Waals surface area contributed by atoms with E-state index in [0.29, 0.717) is 10.7 Å². The number of amides is 2. The molecule has 3 rings (SSSR count). The summed E-state index contributed by atoms with van der Waals surface area (Å²) in [6, 6.07) is 12.7. The first kappa shape index (κ1) is 17.2. The molecule has 5 nitrogen and oxygen atoms in total. The summed E-state index contributed by atoms with van der Waals surface area (Å²) in [7, 11) is 0. The van der Waals surface area contributed by atoms with Crippen molar-refractivity contribution >= 4 is 29.0 Å². The van der Waals surface area contributed by atoms with Gasteiger partial charge in [-0.1, -0.05) is 30.3 Å². The van der Waals surface area contributed by atoms with Crippen LogP contribution in [0.25, 0.3) is 6.08 Å². The minimum atomic E-state index is -1.08. The third kappa shape index (κ3) is 4.26. The van der Waals surface area contributed by atoms with Crippen molar-refractivity contribution in [2.75, 3.05) is 6.61 Å². The fraction of sp³-hybridized carbons (Fsp3) is 0.111. The maximum atomic E-state index is 13.6. The Labute approximate surface area is 147 Å². The lowest BCUT2D eigenvalue weighted by Crippen LogP contribution is -2.17. The molecule has 1 saturated heterocycles. The Morgan fingerprint density at radius 1 is 1.16 bits per heavy atom. The lowest BCUT2D eigenvalue weighted by atomic mass is 10.1. The highest BCUT2D eigenvalue weighted by molar-refractivity contribution is 8.18. The fourth-order valence-electron chi connectivity index (χ4n) is 2.24. The van der Waals surface area contributed by atoms with Crippen LogP contribution in [0.3, 0.4) is 0 Å². The smallest absolute Gasteiger partial charge is 0.290 e. The summed E-state index contributed by atoms with van der Waals surface area (Å²) in [5.74, 6) is -0.400. The van der Waals surface area contributed by atoms with Gasteiger partial charge in [-0.15, -0.1) is 0 Å². The van der Waals surface area contributed by atoms with Gasteiger partial charge in [0.15, 0.2) is 0 Å². The average molecular weight is 359 g/mol. The molecule has 2 aromatic rings. The highest BCUT2D eigenvalue weighted by Gasteiger charge is 2.24. The van der Waals surface area contributed by atoms with Crippen LogP contribution in [0.2, 0.25) is 0 Å². The van der Waals surface area contributed by atoms with Crippen LogP contribution >= 0.6 is 11.8 Å². The van der Waals surface area contributed by atoms with E-state index in [1.807, 2.05) is 0 Å². The topological polar surface area (TPSA) is 75.6 Å². The summed E-state index contributed by atoms with van der Waals surface area (Å²) in [5, 5.41) is 11.8. The van der Waals surface area contributed by atoms with Crippen molar-refractivity contribution in [2.45, 2.75) is 6.10 Å². The Hall–Kier alpha value is -2.64. The van der Waals surface area contributed by atoms with E-state index in [0.717, 1.165) is 17.3 Å². The summed E-state index contributed by atoms with van der Waals surface area (Å²) in [5.41, 5.74) is 0.909. The highest BCUT2D eigenvalue weighted by Crippen LogP contribution is 2.26. The monoisotopic (exact) mass is 359 g/mol. The molecule has 1 aliphatic rings. The molecule has 7 heteroatoms. The summed E-state index contributed by atoms with van der Waals surface area (Å²) >= 11 is 0.848. The van der Waals surface area contributed by atoms with Crippen LogP contribution < -0.4 is 10.1 Å². The standard InChI is InChI=1S/C18H14FNO4S/c19-14-4-2-1-3-13(14)15(21)10-24-12-7-5-11(6-8-12)9-16-17(22)20-18(23)25-16/h1-9,15,21H,10H2,(H,20,22,23)/b16-9+. The molecule has 1 fully saturated rings. The summed E-state index contributed by atoms with van der Waals surface area (Å²) < 4.78 is 19.1. The van der Waals surface area contributed by atoms with E-state index in [4.69, 9.17) is 4.74 Å². The van der Waals surface area contributed by atoms with E-state index in [-0.39, 0.29) is 12.2 Å². The van der Waals surface area contributed by atoms with Crippen LogP contribution in [0.1, 0.15) is 17.2 Å². The molecular weight excluding hydrogens is 345 g/mol. The molecule has 1 unspecified atom stereocenters. The Morgan fingerprint density at radius 2 is 1.88 bits per heavy atom. The Morgan fingerprint density at radius 3 is 2.52 bits per heavy atom. The van der Waals surface area contributed by atoms with E-state index >= 15 is 0 Å². The molecule has 1 atom stereocenters. The quantitative estimate of drug-likeness (QED) is 0.802. The summed E-state index contributed by atoms with van der Waals surface area (Å²) in [4.78, 5) is 22.9. The fourth-order valence-corrected chi connectivity index (χ4v) is 2.93. The van der Waals surface area contributed by atoms with Gasteiger partial charge in [0.05, 0.1) is 4.91 Å². The van der Waals surface area contributed by atoms with Crippen LogP contribution in [-0.4, -0.2) is 22.9 Å². The van der Waals surface area contributed by atoms with Gasteiger partial charge in [0, 0.05) is 5.56 Å². The molecule has 0 aliphatic carbocycles. The molecule has 128 valence electrons. The molecule has 0 radical (unpaired) electrons. The zero-order chi connectivity index (χ0) is 17.8. The van der Waals surface area contributed by atoms with Gasteiger partial charge in [-0.2, -0.15) is 0 Å². The second-order valence-corrected chi connectivity index (χ2v) is 6.28. The molecule has 2 amide bonds. The van der Waals surface area contributed by atoms with Crippen LogP contribution in [0.15, 0.2) is 53.4 Å². The maximum absolute atomic E-state index is 13.6. The number of aliphatic hydroxyl groups is 1. The molecule has 0 spiro atoms. The summed E-state index contributed by atoms with van der Waals surface area (Å²) in [6.07, 6.45) is 0.524. The summed E-state index contributed by atoms with van der Waals surface area (Å²) in [6.45, 7) is -0.0892. The van der Waals surface area contributed by atoms with Crippen LogP contribution in [0, 0.1) is 5.82 Å². The van der Waals surface area contributed by atoms with Crippen molar-refractivity contribution in [3.05, 3.63) is 70.4 Å². The third-order valence-electron chi connectivity index (χ3n) is 3.49. The Bertz CT molecular complexity index is 835. The Balaban J connectivity index is 1.61. The van der Waals surface area contributed by atoms with Crippen LogP contribution in [0.4, 0.5) is 9.18 Å². The van der Waals surface area contributed by atoms with Gasteiger partial charge in [-0.25, -0.2) is 4.39 Å². The first-order valence-electron chi connectivity index (χ1n) is 7.43. The van der Waals surface area contributed by atoms with Crippen LogP contribution in [0.5, 0.6) is 5.75 Å². The highest BCUT2D eigenvalue weighted by atomic mass is 32.2. The number of imide groups is 1. The van der Waals surface area contributed by atoms with E-state index in [9.17, 15) is 19.1 Å². The second-order valence-electron chi connectivity index (χ2n) is 5.27. The van der Waals surface area contributed by atoms with Gasteiger partial charge in [-0.3, -0.25) is 14.9 Å². The number of halogens is 1. The van der Waals surface area contributed by atoms with Crippen molar-refractivity contribution < 1.29 is 23.8 Å². The van der Waals surface area contributed by atoms with Crippen LogP contribution in [-0.2, 0) is 4.79 Å². The lowest BCUT2D eigenvalue weighted by Gasteiger charge is -2.13. The van der Waals surface area contributed by atoms with Gasteiger partial charge in [0.25, 0.3) is 11.1 Å². The molecule has 25 heavy (non-hydrogen) atoms. The van der Waals surface area contributed by atoms with Gasteiger partial charge in [0.1, 0.15) is 24.3 Å². The number of thioether (sulfide) groups is 1. The zero-order valence-corrected chi connectivity index (χ0v) is 13.8. The van der Waals surface area contributed by atoms with Gasteiger partial charge in [-0.05, 0) is 41.6 Å². The SMILES string of the molecule is O=C1NC(=O)/C(=C\c2ccc(OCC(O)c3ccccc3F)cc2)S1. The number of carbonyl (C=O) groups excluding carboxylic acids is 2. The predicted molar refractivity (Wildman–Crippen MR) is 92.4 cm³/mol. The van der Waals surface area contributed by atoms with E-state index in [2.05, 4.69) is 5.32 Å². The lowest BCUT2D eigenvalue weighted by molar-refractivity contribution is -0.115. The molecule has 1 aliphatic heterocycles. The first-order valence-corrected chi connectivity index (χ1v) is 8.25. The van der Waals surface area contributed by atoms with Gasteiger partial charge in [0.2, 0.25) is 0 Å². The minimum Gasteiger partial charge on any atom is -0.491 e. The van der Waals surface area contributed by atoms with Gasteiger partial charge < -0.3 is 9.84 Å².